The topological polar surface area (TPSA) is 32.3 Å². The van der Waals surface area contributed by atoms with E-state index in [0.717, 1.165) is 24.5 Å². The van der Waals surface area contributed by atoms with Crippen molar-refractivity contribution in [3.8, 4) is 11.4 Å². The summed E-state index contributed by atoms with van der Waals surface area (Å²) in [6.07, 6.45) is 36.6. The van der Waals surface area contributed by atoms with E-state index in [1.165, 1.54) is 191 Å². The fraction of sp³-hybridized carbons (Fsp3) is 0.773. The summed E-state index contributed by atoms with van der Waals surface area (Å²) in [5.41, 5.74) is 4.78. The van der Waals surface area contributed by atoms with Crippen LogP contribution >= 0.6 is 0 Å². The van der Waals surface area contributed by atoms with Crippen molar-refractivity contribution < 1.29 is 0 Å². The molecule has 4 nitrogen and oxygen atoms in total. The van der Waals surface area contributed by atoms with Crippen LogP contribution in [-0.4, -0.2) is 45.9 Å². The van der Waals surface area contributed by atoms with Crippen LogP contribution in [0.1, 0.15) is 193 Å². The monoisotopic (exact) mass is 663 g/mol. The van der Waals surface area contributed by atoms with Gasteiger partial charge in [0.1, 0.15) is 0 Å². The molecule has 0 aliphatic heterocycles. The van der Waals surface area contributed by atoms with Gasteiger partial charge in [-0.2, -0.15) is 0 Å². The minimum atomic E-state index is 1.02. The summed E-state index contributed by atoms with van der Waals surface area (Å²) in [5, 5.41) is 0. The number of aromatic nitrogens is 2. The number of hydrogen-bond acceptors (Lipinski definition) is 4. The summed E-state index contributed by atoms with van der Waals surface area (Å²) in [4.78, 5) is 15.1. The van der Waals surface area contributed by atoms with Crippen molar-refractivity contribution in [2.75, 3.05) is 26.2 Å². The van der Waals surface area contributed by atoms with E-state index in [1.54, 1.807) is 0 Å². The molecule has 0 fully saturated rings. The van der Waals surface area contributed by atoms with Crippen LogP contribution in [-0.2, 0) is 13.1 Å². The molecule has 2 rings (SSSR count). The van der Waals surface area contributed by atoms with Crippen molar-refractivity contribution in [3.63, 3.8) is 0 Å². The van der Waals surface area contributed by atoms with Crippen LogP contribution in [0.25, 0.3) is 11.4 Å². The summed E-state index contributed by atoms with van der Waals surface area (Å²) in [6, 6.07) is 9.08. The van der Waals surface area contributed by atoms with Crippen LogP contribution in [0.15, 0.2) is 36.7 Å². The number of rotatable bonds is 33. The molecule has 2 heterocycles. The lowest BCUT2D eigenvalue weighted by atomic mass is 10.1. The zero-order valence-electron chi connectivity index (χ0n) is 32.5. The van der Waals surface area contributed by atoms with E-state index in [1.807, 2.05) is 12.4 Å². The Labute approximate surface area is 299 Å². The van der Waals surface area contributed by atoms with E-state index in [-0.39, 0.29) is 0 Å². The van der Waals surface area contributed by atoms with E-state index in [4.69, 9.17) is 9.97 Å². The van der Waals surface area contributed by atoms with Gasteiger partial charge in [-0.1, -0.05) is 156 Å². The van der Waals surface area contributed by atoms with Crippen molar-refractivity contribution in [1.29, 1.82) is 0 Å². The van der Waals surface area contributed by atoms with Crippen LogP contribution in [0.2, 0.25) is 0 Å². The molecule has 0 aliphatic carbocycles. The molecule has 0 radical (unpaired) electrons. The highest BCUT2D eigenvalue weighted by atomic mass is 15.1. The van der Waals surface area contributed by atoms with Crippen LogP contribution in [0.3, 0.4) is 0 Å². The first-order valence-corrected chi connectivity index (χ1v) is 21.0. The minimum absolute atomic E-state index is 1.02. The Bertz CT molecular complexity index is 880. The number of pyridine rings is 2. The van der Waals surface area contributed by atoms with Gasteiger partial charge in [-0.3, -0.25) is 19.8 Å². The third kappa shape index (κ3) is 21.3. The van der Waals surface area contributed by atoms with Gasteiger partial charge in [0.15, 0.2) is 0 Å². The van der Waals surface area contributed by atoms with Crippen LogP contribution < -0.4 is 0 Å². The average Bonchev–Trinajstić information content (AvgIpc) is 3.10. The van der Waals surface area contributed by atoms with Gasteiger partial charge in [0, 0.05) is 25.5 Å². The molecule has 4 heteroatoms. The molecular weight excluding hydrogens is 585 g/mol. The van der Waals surface area contributed by atoms with Crippen molar-refractivity contribution >= 4 is 0 Å². The Kier molecular flexibility index (Phi) is 26.6. The molecule has 0 aromatic carbocycles. The fourth-order valence-corrected chi connectivity index (χ4v) is 6.94. The second kappa shape index (κ2) is 30.1. The van der Waals surface area contributed by atoms with Gasteiger partial charge in [-0.25, -0.2) is 0 Å². The molecule has 0 aliphatic rings. The van der Waals surface area contributed by atoms with Gasteiger partial charge in [0.05, 0.1) is 11.4 Å². The first-order valence-electron chi connectivity index (χ1n) is 21.0. The number of hydrogen-bond donors (Lipinski definition) is 0. The third-order valence-corrected chi connectivity index (χ3v) is 10.0. The smallest absolute Gasteiger partial charge is 0.0889 e. The maximum absolute atomic E-state index is 4.82. The summed E-state index contributed by atoms with van der Waals surface area (Å²) >= 11 is 0. The summed E-state index contributed by atoms with van der Waals surface area (Å²) in [6.45, 7) is 16.1. The molecule has 0 N–H and O–H groups in total. The number of nitrogens with zero attached hydrogens (tertiary/aromatic N) is 4. The molecule has 0 unspecified atom stereocenters. The zero-order chi connectivity index (χ0) is 34.3. The van der Waals surface area contributed by atoms with E-state index in [9.17, 15) is 0 Å². The van der Waals surface area contributed by atoms with Gasteiger partial charge in [0.2, 0.25) is 0 Å². The Morgan fingerprint density at radius 3 is 0.938 bits per heavy atom. The largest absolute Gasteiger partial charge is 0.299 e. The highest BCUT2D eigenvalue weighted by Crippen LogP contribution is 2.20. The molecule has 274 valence electrons. The molecule has 0 saturated carbocycles. The predicted molar refractivity (Wildman–Crippen MR) is 212 cm³/mol. The Morgan fingerprint density at radius 2 is 0.646 bits per heavy atom. The zero-order valence-corrected chi connectivity index (χ0v) is 32.5. The van der Waals surface area contributed by atoms with Crippen molar-refractivity contribution in [2.24, 2.45) is 0 Å². The summed E-state index contributed by atoms with van der Waals surface area (Å²) in [5.74, 6) is 0. The van der Waals surface area contributed by atoms with E-state index >= 15 is 0 Å². The highest BCUT2D eigenvalue weighted by Gasteiger charge is 2.11. The van der Waals surface area contributed by atoms with Crippen molar-refractivity contribution in [1.82, 2.24) is 19.8 Å². The van der Waals surface area contributed by atoms with Crippen molar-refractivity contribution in [3.05, 3.63) is 47.8 Å². The lowest BCUT2D eigenvalue weighted by molar-refractivity contribution is 0.252. The lowest BCUT2D eigenvalue weighted by Crippen LogP contribution is -2.26. The van der Waals surface area contributed by atoms with E-state index < -0.39 is 0 Å². The predicted octanol–water partition coefficient (Wildman–Crippen LogP) is 13.2. The first-order chi connectivity index (χ1) is 23.7. The fourth-order valence-electron chi connectivity index (χ4n) is 6.94. The Hall–Kier alpha value is -1.78. The lowest BCUT2D eigenvalue weighted by Gasteiger charge is -2.23. The van der Waals surface area contributed by atoms with Crippen LogP contribution in [0.4, 0.5) is 0 Å². The molecule has 0 bridgehead atoms. The molecule has 2 aromatic rings. The molecule has 0 saturated heterocycles. The Morgan fingerprint density at radius 1 is 0.375 bits per heavy atom. The standard InChI is InChI=1S/C44H78N4/c1-5-9-13-17-21-25-33-47(34-26-22-18-14-10-6-2)39-41-29-31-45-43(37-41)44-38-42(30-32-46-44)40-48(35-27-23-19-15-11-7-3)36-28-24-20-16-12-8-4/h29-32,37-38H,5-28,33-36,39-40H2,1-4H3. The SMILES string of the molecule is CCCCCCCCN(CCCCCCCC)Cc1ccnc(-c2cc(CN(CCCCCCCC)CCCCCCCC)ccn2)c1. The van der Waals surface area contributed by atoms with Gasteiger partial charge >= 0.3 is 0 Å². The molecule has 0 amide bonds. The van der Waals surface area contributed by atoms with E-state index in [2.05, 4.69) is 61.8 Å². The molecule has 2 aromatic heterocycles. The maximum atomic E-state index is 4.82. The normalized spacial score (nSPS) is 11.7. The summed E-state index contributed by atoms with van der Waals surface area (Å²) < 4.78 is 0. The molecular formula is C44H78N4. The van der Waals surface area contributed by atoms with Crippen LogP contribution in [0.5, 0.6) is 0 Å². The van der Waals surface area contributed by atoms with Gasteiger partial charge in [0.25, 0.3) is 0 Å². The molecule has 48 heavy (non-hydrogen) atoms. The van der Waals surface area contributed by atoms with Crippen molar-refractivity contribution in [2.45, 2.75) is 195 Å². The third-order valence-electron chi connectivity index (χ3n) is 10.0. The second-order valence-corrected chi connectivity index (χ2v) is 14.7. The van der Waals surface area contributed by atoms with E-state index in [0.29, 0.717) is 0 Å². The average molecular weight is 663 g/mol. The van der Waals surface area contributed by atoms with Gasteiger partial charge in [-0.05, 0) is 87.3 Å². The van der Waals surface area contributed by atoms with Gasteiger partial charge < -0.3 is 0 Å². The number of unbranched alkanes of at least 4 members (excludes halogenated alkanes) is 20. The maximum Gasteiger partial charge on any atom is 0.0889 e. The Balaban J connectivity index is 2.02. The van der Waals surface area contributed by atoms with Gasteiger partial charge in [-0.15, -0.1) is 0 Å². The summed E-state index contributed by atoms with van der Waals surface area (Å²) in [7, 11) is 0. The molecule has 0 atom stereocenters. The molecule has 0 spiro atoms. The quantitative estimate of drug-likeness (QED) is 0.0712. The minimum Gasteiger partial charge on any atom is -0.299 e. The highest BCUT2D eigenvalue weighted by molar-refractivity contribution is 5.55. The first kappa shape index (κ1) is 42.4. The second-order valence-electron chi connectivity index (χ2n) is 14.7. The van der Waals surface area contributed by atoms with Crippen LogP contribution in [0, 0.1) is 0 Å².